The number of unbranched alkanes of at least 4 members (excludes halogenated alkanes) is 18. The van der Waals surface area contributed by atoms with Gasteiger partial charge in [0, 0.05) is 0 Å². The number of hydrogen-bond acceptors (Lipinski definition) is 4. The molecule has 0 amide bonds. The number of hydrogen-bond donors (Lipinski definition) is 0. The maximum absolute atomic E-state index is 14.1. The number of quaternary nitrogens is 2. The summed E-state index contributed by atoms with van der Waals surface area (Å²) in [5, 5.41) is 28.3. The first kappa shape index (κ1) is 43.9. The number of carboxylic acids is 2. The van der Waals surface area contributed by atoms with Crippen LogP contribution in [0, 0.1) is 0 Å². The smallest absolute Gasteiger partial charge is 0.308 e. The van der Waals surface area contributed by atoms with E-state index in [2.05, 4.69) is 41.5 Å². The Bertz CT molecular complexity index is 603. The maximum atomic E-state index is 14.1. The normalized spacial score (nSPS) is 12.6. The molecule has 0 aliphatic heterocycles. The summed E-state index contributed by atoms with van der Waals surface area (Å²) in [5.41, 5.74) is -2.10. The third-order valence-electron chi connectivity index (χ3n) is 10.6. The van der Waals surface area contributed by atoms with Gasteiger partial charge in [0.05, 0.1) is 39.3 Å². The Hall–Kier alpha value is -1.14. The van der Waals surface area contributed by atoms with Gasteiger partial charge in [-0.1, -0.05) is 119 Å². The van der Waals surface area contributed by atoms with Gasteiger partial charge in [0.15, 0.2) is 11.9 Å². The fourth-order valence-corrected chi connectivity index (χ4v) is 8.00. The van der Waals surface area contributed by atoms with Crippen molar-refractivity contribution >= 4 is 11.9 Å². The van der Waals surface area contributed by atoms with Crippen LogP contribution in [0.2, 0.25) is 0 Å². The predicted molar refractivity (Wildman–Crippen MR) is 187 cm³/mol. The summed E-state index contributed by atoms with van der Waals surface area (Å²) in [6.45, 7) is 16.6. The highest BCUT2D eigenvalue weighted by molar-refractivity contribution is 5.97. The molecule has 268 valence electrons. The average Bonchev–Trinajstić information content (AvgIpc) is 3.02. The van der Waals surface area contributed by atoms with Crippen molar-refractivity contribution < 1.29 is 28.8 Å². The molecular weight excluding hydrogens is 560 g/mol. The second kappa shape index (κ2) is 26.9. The van der Waals surface area contributed by atoms with Crippen LogP contribution in [0.5, 0.6) is 0 Å². The first-order valence-electron chi connectivity index (χ1n) is 19.9. The zero-order valence-corrected chi connectivity index (χ0v) is 31.2. The minimum absolute atomic E-state index is 0.101. The molecule has 6 heteroatoms. The van der Waals surface area contributed by atoms with Gasteiger partial charge in [-0.15, -0.1) is 0 Å². The van der Waals surface area contributed by atoms with Gasteiger partial charge in [-0.2, -0.15) is 0 Å². The third kappa shape index (κ3) is 14.3. The summed E-state index contributed by atoms with van der Waals surface area (Å²) in [5.74, 6) is -2.77. The minimum atomic E-state index is -2.10. The van der Waals surface area contributed by atoms with E-state index in [4.69, 9.17) is 0 Å². The quantitative estimate of drug-likeness (QED) is 0.0307. The van der Waals surface area contributed by atoms with Gasteiger partial charge < -0.3 is 19.8 Å². The fraction of sp³-hybridized carbons (Fsp3) is 0.949. The lowest BCUT2D eigenvalue weighted by Crippen LogP contribution is -2.90. The predicted octanol–water partition coefficient (Wildman–Crippen LogP) is 8.30. The van der Waals surface area contributed by atoms with Crippen molar-refractivity contribution in [3.63, 3.8) is 0 Å². The van der Waals surface area contributed by atoms with Crippen LogP contribution in [-0.4, -0.2) is 65.8 Å². The van der Waals surface area contributed by atoms with E-state index in [9.17, 15) is 19.8 Å². The number of rotatable bonds is 34. The second-order valence-electron chi connectivity index (χ2n) is 14.2. The molecule has 0 N–H and O–H groups in total. The first-order chi connectivity index (χ1) is 21.8. The Balaban J connectivity index is 7.54. The van der Waals surface area contributed by atoms with E-state index >= 15 is 0 Å². The van der Waals surface area contributed by atoms with Crippen molar-refractivity contribution in [1.82, 2.24) is 0 Å². The molecule has 0 saturated carbocycles. The van der Waals surface area contributed by atoms with E-state index in [1.54, 1.807) is 0 Å². The molecule has 0 spiro atoms. The zero-order chi connectivity index (χ0) is 33.9. The molecule has 0 bridgehead atoms. The van der Waals surface area contributed by atoms with Crippen LogP contribution >= 0.6 is 0 Å². The van der Waals surface area contributed by atoms with Crippen LogP contribution in [-0.2, 0) is 9.59 Å². The summed E-state index contributed by atoms with van der Waals surface area (Å²) >= 11 is 0. The summed E-state index contributed by atoms with van der Waals surface area (Å²) in [4.78, 5) is 28.3. The molecule has 0 aliphatic rings. The Morgan fingerprint density at radius 2 is 0.533 bits per heavy atom. The van der Waals surface area contributed by atoms with Crippen LogP contribution in [0.4, 0.5) is 0 Å². The van der Waals surface area contributed by atoms with Crippen LogP contribution < -0.4 is 10.2 Å². The van der Waals surface area contributed by atoms with Gasteiger partial charge in [0.1, 0.15) is 0 Å². The largest absolute Gasteiger partial charge is 0.539 e. The van der Waals surface area contributed by atoms with Crippen molar-refractivity contribution in [3.05, 3.63) is 0 Å². The lowest BCUT2D eigenvalue weighted by molar-refractivity contribution is -1.15. The van der Waals surface area contributed by atoms with Crippen LogP contribution in [0.1, 0.15) is 196 Å². The van der Waals surface area contributed by atoms with E-state index in [1.807, 2.05) is 0 Å². The summed E-state index contributed by atoms with van der Waals surface area (Å²) in [7, 11) is 0. The SMILES string of the molecule is CCCCCC[N+](CCCCCC)(CCCCCC)C(C(=O)[O-])(C(=O)[O-])[N+](CCCCCC)(CCCCCC)CCCCCC. The Morgan fingerprint density at radius 3 is 0.667 bits per heavy atom. The fourth-order valence-electron chi connectivity index (χ4n) is 8.00. The zero-order valence-electron chi connectivity index (χ0n) is 31.2. The molecule has 0 rings (SSSR count). The van der Waals surface area contributed by atoms with Crippen molar-refractivity contribution in [3.8, 4) is 0 Å². The Labute approximate surface area is 280 Å². The highest BCUT2D eigenvalue weighted by atomic mass is 16.4. The molecule has 0 fully saturated rings. The molecule has 0 aromatic rings. The lowest BCUT2D eigenvalue weighted by atomic mass is 9.91. The molecule has 0 saturated heterocycles. The lowest BCUT2D eigenvalue weighted by Gasteiger charge is -2.62. The second-order valence-corrected chi connectivity index (χ2v) is 14.2. The summed E-state index contributed by atoms with van der Waals surface area (Å²) in [6, 6.07) is 0. The Morgan fingerprint density at radius 1 is 0.356 bits per heavy atom. The number of aliphatic carboxylic acids is 2. The summed E-state index contributed by atoms with van der Waals surface area (Å²) < 4.78 is 0.203. The molecule has 0 unspecified atom stereocenters. The van der Waals surface area contributed by atoms with Gasteiger partial charge in [0.2, 0.25) is 0 Å². The maximum Gasteiger partial charge on any atom is 0.308 e. The minimum Gasteiger partial charge on any atom is -0.539 e. The highest BCUT2D eigenvalue weighted by Crippen LogP contribution is 2.40. The summed E-state index contributed by atoms with van der Waals surface area (Å²) in [6.07, 6.45) is 24.1. The molecule has 0 radical (unpaired) electrons. The molecular formula is C39H78N2O4. The number of carbonyl (C=O) groups is 2. The molecule has 0 atom stereocenters. The molecule has 0 aliphatic carbocycles. The number of nitrogens with zero attached hydrogens (tertiary/aromatic N) is 2. The monoisotopic (exact) mass is 639 g/mol. The highest BCUT2D eigenvalue weighted by Gasteiger charge is 2.66. The standard InChI is InChI=1S/C39H78N2O4/c1-7-13-19-25-31-40(32-26-20-14-8-2,33-27-21-15-9-3)39(37(42)43,38(44)45)41(34-28-22-16-10-4,35-29-23-17-11-5)36-30-24-18-12-6/h7-36H2,1-6H3. The van der Waals surface area contributed by atoms with Gasteiger partial charge >= 0.3 is 5.66 Å². The van der Waals surface area contributed by atoms with Crippen LogP contribution in [0.3, 0.4) is 0 Å². The van der Waals surface area contributed by atoms with Crippen LogP contribution in [0.15, 0.2) is 0 Å². The first-order valence-corrected chi connectivity index (χ1v) is 19.9. The molecule has 0 heterocycles. The van der Waals surface area contributed by atoms with Gasteiger partial charge in [-0.3, -0.25) is 8.97 Å². The van der Waals surface area contributed by atoms with E-state index in [1.165, 1.54) is 0 Å². The van der Waals surface area contributed by atoms with Gasteiger partial charge in [0.25, 0.3) is 0 Å². The molecule has 0 aromatic carbocycles. The van der Waals surface area contributed by atoms with Gasteiger partial charge in [-0.05, 0) is 77.0 Å². The van der Waals surface area contributed by atoms with Crippen molar-refractivity contribution in [2.75, 3.05) is 39.3 Å². The van der Waals surface area contributed by atoms with E-state index in [0.29, 0.717) is 39.3 Å². The van der Waals surface area contributed by atoms with Crippen molar-refractivity contribution in [2.45, 2.75) is 201 Å². The van der Waals surface area contributed by atoms with E-state index < -0.39 is 17.6 Å². The van der Waals surface area contributed by atoms with Crippen molar-refractivity contribution in [2.24, 2.45) is 0 Å². The molecule has 6 nitrogen and oxygen atoms in total. The average molecular weight is 639 g/mol. The number of carbonyl (C=O) groups excluding carboxylic acids is 2. The molecule has 45 heavy (non-hydrogen) atoms. The van der Waals surface area contributed by atoms with E-state index in [-0.39, 0.29) is 8.97 Å². The molecule has 0 aromatic heterocycles. The third-order valence-corrected chi connectivity index (χ3v) is 10.6. The van der Waals surface area contributed by atoms with Crippen LogP contribution in [0.25, 0.3) is 0 Å². The van der Waals surface area contributed by atoms with E-state index in [0.717, 1.165) is 154 Å². The van der Waals surface area contributed by atoms with Gasteiger partial charge in [-0.25, -0.2) is 0 Å². The Kier molecular flexibility index (Phi) is 26.2. The van der Waals surface area contributed by atoms with Crippen molar-refractivity contribution in [1.29, 1.82) is 0 Å². The number of carboxylic acid groups (broad SMARTS) is 2. The topological polar surface area (TPSA) is 80.3 Å².